The lowest BCUT2D eigenvalue weighted by Gasteiger charge is -2.03. The molecule has 0 rings (SSSR count). The predicted molar refractivity (Wildman–Crippen MR) is 65.5 cm³/mol. The van der Waals surface area contributed by atoms with Gasteiger partial charge >= 0.3 is 0 Å². The van der Waals surface area contributed by atoms with Crippen LogP contribution in [-0.4, -0.2) is 4.83 Å². The molecule has 0 nitrogen and oxygen atoms in total. The molecule has 0 aromatic carbocycles. The van der Waals surface area contributed by atoms with Crippen molar-refractivity contribution in [1.29, 1.82) is 0 Å². The summed E-state index contributed by atoms with van der Waals surface area (Å²) in [5, 5.41) is 0. The Morgan fingerprint density at radius 1 is 1.08 bits per heavy atom. The highest BCUT2D eigenvalue weighted by atomic mass is 79.9. The van der Waals surface area contributed by atoms with Crippen LogP contribution in [0, 0.1) is 0 Å². The maximum absolute atomic E-state index is 3.75. The number of hydrogen-bond donors (Lipinski definition) is 0. The van der Waals surface area contributed by atoms with E-state index in [1.54, 1.807) is 0 Å². The van der Waals surface area contributed by atoms with E-state index in [0.29, 0.717) is 4.83 Å². The van der Waals surface area contributed by atoms with E-state index in [1.807, 2.05) is 6.08 Å². The average molecular weight is 247 g/mol. The summed E-state index contributed by atoms with van der Waals surface area (Å²) in [5.74, 6) is 0. The third-order valence-corrected chi connectivity index (χ3v) is 3.17. The van der Waals surface area contributed by atoms with Crippen molar-refractivity contribution in [2.75, 3.05) is 0 Å². The van der Waals surface area contributed by atoms with Gasteiger partial charge in [0.1, 0.15) is 0 Å². The van der Waals surface area contributed by atoms with Gasteiger partial charge in [-0.1, -0.05) is 73.9 Å². The topological polar surface area (TPSA) is 0 Å². The highest BCUT2D eigenvalue weighted by Crippen LogP contribution is 2.13. The Morgan fingerprint density at radius 2 is 1.62 bits per heavy atom. The van der Waals surface area contributed by atoms with Crippen LogP contribution < -0.4 is 0 Å². The summed E-state index contributed by atoms with van der Waals surface area (Å²) >= 11 is 3.55. The molecule has 0 aromatic rings. The van der Waals surface area contributed by atoms with Gasteiger partial charge in [0.05, 0.1) is 0 Å². The minimum atomic E-state index is 0.531. The van der Waals surface area contributed by atoms with Crippen molar-refractivity contribution in [3.63, 3.8) is 0 Å². The van der Waals surface area contributed by atoms with Crippen LogP contribution in [0.2, 0.25) is 0 Å². The smallest absolute Gasteiger partial charge is 0.0322 e. The van der Waals surface area contributed by atoms with Crippen molar-refractivity contribution in [3.05, 3.63) is 12.7 Å². The summed E-state index contributed by atoms with van der Waals surface area (Å²) in [7, 11) is 0. The van der Waals surface area contributed by atoms with Gasteiger partial charge in [0.2, 0.25) is 0 Å². The second kappa shape index (κ2) is 10.3. The average Bonchev–Trinajstić information content (AvgIpc) is 2.16. The highest BCUT2D eigenvalue weighted by molar-refractivity contribution is 9.09. The second-order valence-electron chi connectivity index (χ2n) is 3.66. The molecule has 0 heterocycles. The molecule has 0 fully saturated rings. The normalized spacial score (nSPS) is 12.8. The van der Waals surface area contributed by atoms with Gasteiger partial charge in [0.15, 0.2) is 0 Å². The van der Waals surface area contributed by atoms with Gasteiger partial charge in [-0.2, -0.15) is 0 Å². The molecule has 1 atom stereocenters. The van der Waals surface area contributed by atoms with Crippen LogP contribution in [0.4, 0.5) is 0 Å². The Bertz CT molecular complexity index is 110. The molecule has 0 radical (unpaired) electrons. The van der Waals surface area contributed by atoms with Crippen molar-refractivity contribution >= 4 is 15.9 Å². The molecule has 0 bridgehead atoms. The minimum Gasteiger partial charge on any atom is -0.102 e. The molecule has 0 aliphatic rings. The maximum atomic E-state index is 3.75. The lowest BCUT2D eigenvalue weighted by Crippen LogP contribution is -1.91. The summed E-state index contributed by atoms with van der Waals surface area (Å²) in [5.41, 5.74) is 0. The summed E-state index contributed by atoms with van der Waals surface area (Å²) in [6.07, 6.45) is 13.0. The molecular weight excluding hydrogens is 224 g/mol. The lowest BCUT2D eigenvalue weighted by atomic mass is 10.1. The molecule has 0 spiro atoms. The quantitative estimate of drug-likeness (QED) is 0.303. The predicted octanol–water partition coefficient (Wildman–Crippen LogP) is 5.08. The molecule has 0 aliphatic carbocycles. The molecule has 0 aromatic heterocycles. The van der Waals surface area contributed by atoms with Crippen LogP contribution >= 0.6 is 15.9 Å². The first kappa shape index (κ1) is 13.2. The van der Waals surface area contributed by atoms with Crippen molar-refractivity contribution in [2.24, 2.45) is 0 Å². The van der Waals surface area contributed by atoms with Gasteiger partial charge in [-0.25, -0.2) is 0 Å². The van der Waals surface area contributed by atoms with Crippen molar-refractivity contribution in [3.8, 4) is 0 Å². The number of alkyl halides is 1. The molecule has 78 valence electrons. The molecule has 0 aliphatic heterocycles. The van der Waals surface area contributed by atoms with Crippen LogP contribution in [-0.2, 0) is 0 Å². The van der Waals surface area contributed by atoms with Gasteiger partial charge in [0.25, 0.3) is 0 Å². The molecule has 0 saturated heterocycles. The molecule has 1 heteroatoms. The molecular formula is C12H23Br. The Balaban J connectivity index is 2.95. The van der Waals surface area contributed by atoms with Gasteiger partial charge in [-0.3, -0.25) is 0 Å². The number of unbranched alkanes of at least 4 members (excludes halogenated alkanes) is 6. The number of halogens is 1. The van der Waals surface area contributed by atoms with E-state index in [1.165, 1.54) is 51.4 Å². The van der Waals surface area contributed by atoms with Gasteiger partial charge in [0, 0.05) is 4.83 Å². The fraction of sp³-hybridized carbons (Fsp3) is 0.833. The number of rotatable bonds is 9. The van der Waals surface area contributed by atoms with Gasteiger partial charge < -0.3 is 0 Å². The van der Waals surface area contributed by atoms with Crippen LogP contribution in [0.15, 0.2) is 12.7 Å². The Hall–Kier alpha value is 0.220. The number of allylic oxidation sites excluding steroid dienone is 1. The fourth-order valence-electron chi connectivity index (χ4n) is 1.41. The molecule has 0 N–H and O–H groups in total. The van der Waals surface area contributed by atoms with Crippen LogP contribution in [0.25, 0.3) is 0 Å². The van der Waals surface area contributed by atoms with E-state index in [4.69, 9.17) is 0 Å². The van der Waals surface area contributed by atoms with Gasteiger partial charge in [-0.05, 0) is 6.42 Å². The minimum absolute atomic E-state index is 0.531. The first-order valence-electron chi connectivity index (χ1n) is 5.58. The Kier molecular flexibility index (Phi) is 10.5. The Morgan fingerprint density at radius 3 is 2.15 bits per heavy atom. The van der Waals surface area contributed by atoms with E-state index < -0.39 is 0 Å². The van der Waals surface area contributed by atoms with Crippen molar-refractivity contribution in [2.45, 2.75) is 63.1 Å². The van der Waals surface area contributed by atoms with E-state index in [9.17, 15) is 0 Å². The van der Waals surface area contributed by atoms with Gasteiger partial charge in [-0.15, -0.1) is 6.58 Å². The summed E-state index contributed by atoms with van der Waals surface area (Å²) in [6, 6.07) is 0. The summed E-state index contributed by atoms with van der Waals surface area (Å²) < 4.78 is 0. The molecule has 0 amide bonds. The lowest BCUT2D eigenvalue weighted by molar-refractivity contribution is 0.580. The zero-order valence-electron chi connectivity index (χ0n) is 8.90. The fourth-order valence-corrected chi connectivity index (χ4v) is 1.74. The third-order valence-electron chi connectivity index (χ3n) is 2.34. The van der Waals surface area contributed by atoms with E-state index in [0.717, 1.165) is 0 Å². The van der Waals surface area contributed by atoms with Crippen LogP contribution in [0.1, 0.15) is 58.3 Å². The first-order valence-corrected chi connectivity index (χ1v) is 6.49. The van der Waals surface area contributed by atoms with Crippen molar-refractivity contribution < 1.29 is 0 Å². The Labute approximate surface area is 91.9 Å². The van der Waals surface area contributed by atoms with E-state index in [2.05, 4.69) is 29.4 Å². The SMILES string of the molecule is C=CC(Br)CCCCCCCCC. The van der Waals surface area contributed by atoms with Crippen molar-refractivity contribution in [1.82, 2.24) is 0 Å². The standard InChI is InChI=1S/C12H23Br/c1-3-5-6-7-8-9-10-11-12(13)4-2/h4,12H,2-3,5-11H2,1H3. The maximum Gasteiger partial charge on any atom is 0.0322 e. The zero-order chi connectivity index (χ0) is 9.94. The zero-order valence-corrected chi connectivity index (χ0v) is 10.5. The first-order chi connectivity index (χ1) is 6.31. The molecule has 0 saturated carbocycles. The summed E-state index contributed by atoms with van der Waals surface area (Å²) in [6.45, 7) is 6.02. The van der Waals surface area contributed by atoms with E-state index in [-0.39, 0.29) is 0 Å². The largest absolute Gasteiger partial charge is 0.102 e. The summed E-state index contributed by atoms with van der Waals surface area (Å²) in [4.78, 5) is 0.531. The molecule has 13 heavy (non-hydrogen) atoms. The highest BCUT2D eigenvalue weighted by Gasteiger charge is 1.97. The van der Waals surface area contributed by atoms with Crippen LogP contribution in [0.5, 0.6) is 0 Å². The van der Waals surface area contributed by atoms with E-state index >= 15 is 0 Å². The second-order valence-corrected chi connectivity index (χ2v) is 4.84. The molecule has 1 unspecified atom stereocenters. The number of hydrogen-bond acceptors (Lipinski definition) is 0. The van der Waals surface area contributed by atoms with Crippen LogP contribution in [0.3, 0.4) is 0 Å². The third kappa shape index (κ3) is 10.1. The monoisotopic (exact) mass is 246 g/mol.